The highest BCUT2D eigenvalue weighted by molar-refractivity contribution is 5.15. The molecule has 0 aliphatic heterocycles. The fourth-order valence-electron chi connectivity index (χ4n) is 2.70. The van der Waals surface area contributed by atoms with Gasteiger partial charge in [-0.15, -0.1) is 0 Å². The molecule has 2 N–H and O–H groups in total. The molecule has 2 aromatic heterocycles. The van der Waals surface area contributed by atoms with Gasteiger partial charge in [-0.3, -0.25) is 5.32 Å². The number of aliphatic hydroxyl groups is 1. The molecule has 2 heterocycles. The van der Waals surface area contributed by atoms with Gasteiger partial charge in [-0.1, -0.05) is 13.8 Å². The number of imidazole rings is 1. The van der Waals surface area contributed by atoms with Gasteiger partial charge < -0.3 is 14.1 Å². The van der Waals surface area contributed by atoms with Crippen LogP contribution in [-0.2, 0) is 7.05 Å². The standard InChI is InChI=1S/C16H25N3O2/c1-12(2)10-16(3,20)11-18-14(13-6-5-9-21-13)15-17-7-8-19(15)4/h5-9,12,14,18,20H,10-11H2,1-4H3. The summed E-state index contributed by atoms with van der Waals surface area (Å²) in [4.78, 5) is 4.39. The van der Waals surface area contributed by atoms with Crippen LogP contribution >= 0.6 is 0 Å². The summed E-state index contributed by atoms with van der Waals surface area (Å²) >= 11 is 0. The van der Waals surface area contributed by atoms with Crippen molar-refractivity contribution in [2.45, 2.75) is 38.8 Å². The molecule has 21 heavy (non-hydrogen) atoms. The van der Waals surface area contributed by atoms with Crippen molar-refractivity contribution in [3.8, 4) is 0 Å². The fraction of sp³-hybridized carbons (Fsp3) is 0.562. The quantitative estimate of drug-likeness (QED) is 0.822. The number of rotatable bonds is 7. The summed E-state index contributed by atoms with van der Waals surface area (Å²) in [6, 6.07) is 3.61. The summed E-state index contributed by atoms with van der Waals surface area (Å²) in [6.07, 6.45) is 6.06. The largest absolute Gasteiger partial charge is 0.467 e. The van der Waals surface area contributed by atoms with E-state index in [-0.39, 0.29) is 6.04 Å². The molecule has 0 saturated carbocycles. The van der Waals surface area contributed by atoms with Crippen molar-refractivity contribution < 1.29 is 9.52 Å². The molecule has 2 aromatic rings. The van der Waals surface area contributed by atoms with Crippen LogP contribution in [0.5, 0.6) is 0 Å². The van der Waals surface area contributed by atoms with E-state index in [0.717, 1.165) is 18.0 Å². The van der Waals surface area contributed by atoms with E-state index in [2.05, 4.69) is 24.1 Å². The van der Waals surface area contributed by atoms with Gasteiger partial charge in [0.1, 0.15) is 17.6 Å². The first-order valence-corrected chi connectivity index (χ1v) is 7.35. The molecule has 0 radical (unpaired) electrons. The Hall–Kier alpha value is -1.59. The molecule has 0 aliphatic carbocycles. The second kappa shape index (κ2) is 6.45. The average Bonchev–Trinajstić information content (AvgIpc) is 3.00. The highest BCUT2D eigenvalue weighted by atomic mass is 16.3. The monoisotopic (exact) mass is 291 g/mol. The van der Waals surface area contributed by atoms with Gasteiger partial charge in [0.15, 0.2) is 0 Å². The Morgan fingerprint density at radius 1 is 1.48 bits per heavy atom. The summed E-state index contributed by atoms with van der Waals surface area (Å²) in [5, 5.41) is 13.9. The first-order valence-electron chi connectivity index (χ1n) is 7.35. The molecule has 0 amide bonds. The molecular formula is C16H25N3O2. The van der Waals surface area contributed by atoms with Crippen molar-refractivity contribution >= 4 is 0 Å². The zero-order chi connectivity index (χ0) is 15.5. The smallest absolute Gasteiger partial charge is 0.133 e. The number of aromatic nitrogens is 2. The van der Waals surface area contributed by atoms with Crippen LogP contribution in [0, 0.1) is 5.92 Å². The Kier molecular flexibility index (Phi) is 4.85. The van der Waals surface area contributed by atoms with Crippen molar-refractivity contribution in [3.05, 3.63) is 42.4 Å². The molecule has 0 fully saturated rings. The van der Waals surface area contributed by atoms with Crippen molar-refractivity contribution in [1.82, 2.24) is 14.9 Å². The molecule has 5 heteroatoms. The summed E-state index contributed by atoms with van der Waals surface area (Å²) in [5.74, 6) is 2.10. The minimum Gasteiger partial charge on any atom is -0.467 e. The number of nitrogens with one attached hydrogen (secondary N) is 1. The molecule has 0 aliphatic rings. The van der Waals surface area contributed by atoms with Crippen LogP contribution in [0.4, 0.5) is 0 Å². The zero-order valence-electron chi connectivity index (χ0n) is 13.2. The lowest BCUT2D eigenvalue weighted by Gasteiger charge is -2.28. The van der Waals surface area contributed by atoms with Crippen molar-refractivity contribution in [3.63, 3.8) is 0 Å². The van der Waals surface area contributed by atoms with E-state index in [0.29, 0.717) is 12.5 Å². The highest BCUT2D eigenvalue weighted by Crippen LogP contribution is 2.23. The van der Waals surface area contributed by atoms with E-state index < -0.39 is 5.60 Å². The van der Waals surface area contributed by atoms with E-state index in [4.69, 9.17) is 4.42 Å². The highest BCUT2D eigenvalue weighted by Gasteiger charge is 2.26. The Bertz CT molecular complexity index is 544. The Labute approximate surface area is 126 Å². The van der Waals surface area contributed by atoms with Crippen molar-refractivity contribution in [2.75, 3.05) is 6.54 Å². The number of aryl methyl sites for hydroxylation is 1. The zero-order valence-corrected chi connectivity index (χ0v) is 13.2. The van der Waals surface area contributed by atoms with Crippen LogP contribution in [-0.4, -0.2) is 26.8 Å². The predicted molar refractivity (Wildman–Crippen MR) is 81.8 cm³/mol. The number of hydrogen-bond donors (Lipinski definition) is 2. The Balaban J connectivity index is 2.13. The van der Waals surface area contributed by atoms with E-state index in [1.165, 1.54) is 0 Å². The second-order valence-corrected chi connectivity index (χ2v) is 6.32. The maximum absolute atomic E-state index is 10.5. The molecule has 2 rings (SSSR count). The first kappa shape index (κ1) is 15.8. The summed E-state index contributed by atoms with van der Waals surface area (Å²) in [5.41, 5.74) is -0.760. The fourth-order valence-corrected chi connectivity index (χ4v) is 2.70. The number of furan rings is 1. The minimum atomic E-state index is -0.760. The molecule has 0 saturated heterocycles. The lowest BCUT2D eigenvalue weighted by Crippen LogP contribution is -2.41. The first-order chi connectivity index (χ1) is 9.89. The number of hydrogen-bond acceptors (Lipinski definition) is 4. The van der Waals surface area contributed by atoms with E-state index in [1.54, 1.807) is 12.5 Å². The molecule has 5 nitrogen and oxygen atoms in total. The third kappa shape index (κ3) is 4.19. The lowest BCUT2D eigenvalue weighted by atomic mass is 9.94. The molecule has 116 valence electrons. The summed E-state index contributed by atoms with van der Waals surface area (Å²) in [7, 11) is 1.95. The van der Waals surface area contributed by atoms with Crippen LogP contribution < -0.4 is 5.32 Å². The van der Waals surface area contributed by atoms with Gasteiger partial charge in [-0.2, -0.15) is 0 Å². The maximum Gasteiger partial charge on any atom is 0.133 e. The van der Waals surface area contributed by atoms with Crippen LogP contribution in [0.15, 0.2) is 35.2 Å². The van der Waals surface area contributed by atoms with Crippen molar-refractivity contribution in [1.29, 1.82) is 0 Å². The Morgan fingerprint density at radius 3 is 2.76 bits per heavy atom. The van der Waals surface area contributed by atoms with Gasteiger partial charge in [0.2, 0.25) is 0 Å². The molecule has 2 unspecified atom stereocenters. The second-order valence-electron chi connectivity index (χ2n) is 6.32. The van der Waals surface area contributed by atoms with Gasteiger partial charge in [0.25, 0.3) is 0 Å². The average molecular weight is 291 g/mol. The lowest BCUT2D eigenvalue weighted by molar-refractivity contribution is 0.0361. The normalized spacial score (nSPS) is 16.1. The molecule has 0 bridgehead atoms. The van der Waals surface area contributed by atoms with Gasteiger partial charge in [-0.25, -0.2) is 4.98 Å². The van der Waals surface area contributed by atoms with E-state index in [9.17, 15) is 5.11 Å². The van der Waals surface area contributed by atoms with E-state index >= 15 is 0 Å². The molecular weight excluding hydrogens is 266 g/mol. The van der Waals surface area contributed by atoms with Crippen LogP contribution in [0.3, 0.4) is 0 Å². The van der Waals surface area contributed by atoms with Gasteiger partial charge >= 0.3 is 0 Å². The predicted octanol–water partition coefficient (Wildman–Crippen LogP) is 2.49. The third-order valence-corrected chi connectivity index (χ3v) is 3.48. The molecule has 0 spiro atoms. The molecule has 0 aromatic carbocycles. The third-order valence-electron chi connectivity index (χ3n) is 3.48. The van der Waals surface area contributed by atoms with E-state index in [1.807, 2.05) is 36.9 Å². The van der Waals surface area contributed by atoms with Crippen LogP contribution in [0.25, 0.3) is 0 Å². The Morgan fingerprint density at radius 2 is 2.24 bits per heavy atom. The SMILES string of the molecule is CC(C)CC(C)(O)CNC(c1ccco1)c1nccn1C. The molecule has 2 atom stereocenters. The number of nitrogens with zero attached hydrogens (tertiary/aromatic N) is 2. The van der Waals surface area contributed by atoms with Crippen LogP contribution in [0.1, 0.15) is 44.8 Å². The van der Waals surface area contributed by atoms with Crippen molar-refractivity contribution in [2.24, 2.45) is 13.0 Å². The summed E-state index contributed by atoms with van der Waals surface area (Å²) < 4.78 is 7.48. The van der Waals surface area contributed by atoms with Gasteiger partial charge in [-0.05, 0) is 31.4 Å². The summed E-state index contributed by atoms with van der Waals surface area (Å²) in [6.45, 7) is 6.55. The van der Waals surface area contributed by atoms with Gasteiger partial charge in [0, 0.05) is 26.0 Å². The van der Waals surface area contributed by atoms with Gasteiger partial charge in [0.05, 0.1) is 11.9 Å². The minimum absolute atomic E-state index is 0.168. The topological polar surface area (TPSA) is 63.2 Å². The maximum atomic E-state index is 10.5. The van der Waals surface area contributed by atoms with Crippen LogP contribution in [0.2, 0.25) is 0 Å².